The van der Waals surface area contributed by atoms with Gasteiger partial charge in [0.05, 0.1) is 4.88 Å². The van der Waals surface area contributed by atoms with Crippen LogP contribution in [0.2, 0.25) is 0 Å². The number of nitrogen functional groups attached to an aromatic ring is 1. The van der Waals surface area contributed by atoms with E-state index in [9.17, 15) is 4.79 Å². The Morgan fingerprint density at radius 1 is 1.10 bits per heavy atom. The van der Waals surface area contributed by atoms with Crippen LogP contribution in [0.25, 0.3) is 16.8 Å². The van der Waals surface area contributed by atoms with Gasteiger partial charge in [-0.3, -0.25) is 9.69 Å². The molecule has 160 valence electrons. The monoisotopic (exact) mass is 434 g/mol. The molecular weight excluding hydrogens is 408 g/mol. The van der Waals surface area contributed by atoms with E-state index in [4.69, 9.17) is 5.73 Å². The largest absolute Gasteiger partial charge is 0.366 e. The zero-order valence-electron chi connectivity index (χ0n) is 17.7. The molecule has 0 aliphatic heterocycles. The zero-order chi connectivity index (χ0) is 21.8. The van der Waals surface area contributed by atoms with E-state index in [1.54, 1.807) is 4.52 Å². The normalized spacial score (nSPS) is 11.3. The number of pyridine rings is 1. The molecule has 0 fully saturated rings. The summed E-state index contributed by atoms with van der Waals surface area (Å²) in [5, 5.41) is 9.12. The first-order valence-electron chi connectivity index (χ1n) is 10.3. The highest BCUT2D eigenvalue weighted by Crippen LogP contribution is 2.26. The Hall–Kier alpha value is -3.23. The van der Waals surface area contributed by atoms with E-state index in [1.807, 2.05) is 29.8 Å². The van der Waals surface area contributed by atoms with Gasteiger partial charge in [0.15, 0.2) is 5.65 Å². The molecule has 3 heterocycles. The van der Waals surface area contributed by atoms with Crippen LogP contribution >= 0.6 is 11.3 Å². The summed E-state index contributed by atoms with van der Waals surface area (Å²) >= 11 is 1.42. The number of nitrogens with zero attached hydrogens (tertiary/aromatic N) is 4. The number of nitrogens with two attached hydrogens (primary N) is 1. The van der Waals surface area contributed by atoms with Gasteiger partial charge in [-0.15, -0.1) is 16.4 Å². The maximum atomic E-state index is 12.6. The maximum absolute atomic E-state index is 12.6. The summed E-state index contributed by atoms with van der Waals surface area (Å²) in [5.41, 5.74) is 10.6. The van der Waals surface area contributed by atoms with Gasteiger partial charge in [0.1, 0.15) is 0 Å². The first kappa shape index (κ1) is 21.0. The molecule has 0 bridgehead atoms. The smallest absolute Gasteiger partial charge is 0.261 e. The fraction of sp³-hybridized carbons (Fsp3) is 0.261. The molecule has 0 spiro atoms. The molecule has 3 aromatic heterocycles. The van der Waals surface area contributed by atoms with Gasteiger partial charge < -0.3 is 11.1 Å². The summed E-state index contributed by atoms with van der Waals surface area (Å²) in [5.74, 6) is 0.165. The lowest BCUT2D eigenvalue weighted by Gasteiger charge is -2.18. The number of hydrogen-bond donors (Lipinski definition) is 2. The Morgan fingerprint density at radius 3 is 2.58 bits per heavy atom. The second-order valence-corrected chi connectivity index (χ2v) is 8.26. The van der Waals surface area contributed by atoms with Gasteiger partial charge in [0.2, 0.25) is 5.95 Å². The van der Waals surface area contributed by atoms with Crippen LogP contribution in [0, 0.1) is 0 Å². The molecule has 3 N–H and O–H groups in total. The molecule has 0 radical (unpaired) electrons. The number of anilines is 1. The average molecular weight is 435 g/mol. The van der Waals surface area contributed by atoms with Crippen molar-refractivity contribution in [2.24, 2.45) is 0 Å². The second-order valence-electron chi connectivity index (χ2n) is 7.35. The number of benzene rings is 1. The molecule has 1 aromatic carbocycles. The van der Waals surface area contributed by atoms with Crippen LogP contribution in [0.5, 0.6) is 0 Å². The van der Waals surface area contributed by atoms with Crippen LogP contribution in [0.1, 0.15) is 34.6 Å². The fourth-order valence-electron chi connectivity index (χ4n) is 3.42. The predicted molar refractivity (Wildman–Crippen MR) is 125 cm³/mol. The fourth-order valence-corrected chi connectivity index (χ4v) is 4.25. The molecule has 0 aliphatic carbocycles. The van der Waals surface area contributed by atoms with Crippen molar-refractivity contribution in [2.45, 2.75) is 26.9 Å². The summed E-state index contributed by atoms with van der Waals surface area (Å²) in [6.45, 7) is 7.88. The summed E-state index contributed by atoms with van der Waals surface area (Å²) < 4.78 is 1.64. The number of carbonyl (C=O) groups excluding carboxylic acids is 1. The van der Waals surface area contributed by atoms with Crippen molar-refractivity contribution in [3.8, 4) is 11.1 Å². The Labute approximate surface area is 185 Å². The number of fused-ring (bicyclic) bond motifs is 1. The van der Waals surface area contributed by atoms with E-state index in [1.165, 1.54) is 16.9 Å². The lowest BCUT2D eigenvalue weighted by molar-refractivity contribution is 0.0955. The van der Waals surface area contributed by atoms with E-state index >= 15 is 0 Å². The number of aromatic nitrogens is 3. The van der Waals surface area contributed by atoms with Crippen LogP contribution < -0.4 is 11.1 Å². The minimum Gasteiger partial charge on any atom is -0.366 e. The van der Waals surface area contributed by atoms with E-state index in [0.717, 1.165) is 36.3 Å². The summed E-state index contributed by atoms with van der Waals surface area (Å²) in [7, 11) is 0. The molecule has 7 nitrogen and oxygen atoms in total. The van der Waals surface area contributed by atoms with Gasteiger partial charge in [-0.25, -0.2) is 4.52 Å². The van der Waals surface area contributed by atoms with Crippen LogP contribution in [0.4, 0.5) is 5.95 Å². The first-order valence-corrected chi connectivity index (χ1v) is 11.2. The van der Waals surface area contributed by atoms with Crippen molar-refractivity contribution in [2.75, 3.05) is 18.8 Å². The zero-order valence-corrected chi connectivity index (χ0v) is 18.5. The van der Waals surface area contributed by atoms with E-state index in [-0.39, 0.29) is 11.9 Å². The van der Waals surface area contributed by atoms with Crippen molar-refractivity contribution in [1.82, 2.24) is 24.8 Å². The highest BCUT2D eigenvalue weighted by Gasteiger charge is 2.11. The molecule has 0 atom stereocenters. The molecule has 0 aliphatic rings. The quantitative estimate of drug-likeness (QED) is 0.440. The third-order valence-corrected chi connectivity index (χ3v) is 6.21. The van der Waals surface area contributed by atoms with Crippen LogP contribution in [0.15, 0.2) is 54.0 Å². The van der Waals surface area contributed by atoms with E-state index < -0.39 is 0 Å². The lowest BCUT2D eigenvalue weighted by atomic mass is 10.1. The Morgan fingerprint density at radius 2 is 1.84 bits per heavy atom. The first-order chi connectivity index (χ1) is 15.1. The average Bonchev–Trinajstić information content (AvgIpc) is 3.42. The Kier molecular flexibility index (Phi) is 6.29. The molecule has 8 heteroatoms. The third kappa shape index (κ3) is 4.92. The highest BCUT2D eigenvalue weighted by atomic mass is 32.1. The Balaban J connectivity index is 1.37. The molecular formula is C23H26N6OS. The molecule has 4 aromatic rings. The van der Waals surface area contributed by atoms with Crippen LogP contribution in [-0.2, 0) is 13.1 Å². The van der Waals surface area contributed by atoms with Gasteiger partial charge in [0.25, 0.3) is 5.91 Å². The standard InChI is InChI=1S/C23H26N6OS/c1-3-28(4-2)13-17-7-5-16(6-8-17)12-25-22(30)20-11-19(15-31-20)18-9-10-21-26-23(24)27-29(21)14-18/h5-11,14-15H,3-4,12-13H2,1-2H3,(H2,24,27)(H,25,30). The van der Waals surface area contributed by atoms with Gasteiger partial charge in [-0.1, -0.05) is 38.1 Å². The van der Waals surface area contributed by atoms with Gasteiger partial charge in [-0.2, -0.15) is 4.98 Å². The van der Waals surface area contributed by atoms with Crippen molar-refractivity contribution >= 4 is 28.8 Å². The summed E-state index contributed by atoms with van der Waals surface area (Å²) in [4.78, 5) is 19.8. The molecule has 0 saturated carbocycles. The van der Waals surface area contributed by atoms with Gasteiger partial charge in [0, 0.05) is 24.8 Å². The van der Waals surface area contributed by atoms with E-state index in [0.29, 0.717) is 17.1 Å². The maximum Gasteiger partial charge on any atom is 0.261 e. The van der Waals surface area contributed by atoms with Crippen molar-refractivity contribution < 1.29 is 4.79 Å². The summed E-state index contributed by atoms with van der Waals surface area (Å²) in [6.07, 6.45) is 1.86. The van der Waals surface area contributed by atoms with Crippen LogP contribution in [0.3, 0.4) is 0 Å². The topological polar surface area (TPSA) is 88.5 Å². The number of amides is 1. The molecule has 1 amide bonds. The molecule has 31 heavy (non-hydrogen) atoms. The molecule has 0 saturated heterocycles. The van der Waals surface area contributed by atoms with Gasteiger partial charge >= 0.3 is 0 Å². The van der Waals surface area contributed by atoms with Crippen molar-refractivity contribution in [1.29, 1.82) is 0 Å². The second kappa shape index (κ2) is 9.28. The molecule has 0 unspecified atom stereocenters. The Bertz CT molecular complexity index is 1180. The molecule has 4 rings (SSSR count). The number of hydrogen-bond acceptors (Lipinski definition) is 6. The third-order valence-electron chi connectivity index (χ3n) is 5.28. The van der Waals surface area contributed by atoms with E-state index in [2.05, 4.69) is 58.4 Å². The number of nitrogens with one attached hydrogen (secondary N) is 1. The number of carbonyl (C=O) groups is 1. The number of thiophene rings is 1. The van der Waals surface area contributed by atoms with Crippen molar-refractivity contribution in [3.05, 3.63) is 70.0 Å². The summed E-state index contributed by atoms with van der Waals surface area (Å²) in [6, 6.07) is 14.1. The minimum absolute atomic E-state index is 0.0745. The SMILES string of the molecule is CCN(CC)Cc1ccc(CNC(=O)c2cc(-c3ccc4nc(N)nn4c3)cs2)cc1. The number of rotatable bonds is 8. The van der Waals surface area contributed by atoms with Crippen molar-refractivity contribution in [3.63, 3.8) is 0 Å². The van der Waals surface area contributed by atoms with Crippen LogP contribution in [-0.4, -0.2) is 38.5 Å². The predicted octanol–water partition coefficient (Wildman–Crippen LogP) is 3.81. The lowest BCUT2D eigenvalue weighted by Crippen LogP contribution is -2.22. The highest BCUT2D eigenvalue weighted by molar-refractivity contribution is 7.12. The minimum atomic E-state index is -0.0745. The van der Waals surface area contributed by atoms with Gasteiger partial charge in [-0.05, 0) is 53.4 Å².